The van der Waals surface area contributed by atoms with Gasteiger partial charge in [-0.15, -0.1) is 0 Å². The van der Waals surface area contributed by atoms with Crippen molar-refractivity contribution < 1.29 is 9.53 Å². The Morgan fingerprint density at radius 2 is 1.90 bits per heavy atom. The quantitative estimate of drug-likeness (QED) is 0.802. The number of carbonyl (C=O) groups is 1. The summed E-state index contributed by atoms with van der Waals surface area (Å²) >= 11 is 5.83. The van der Waals surface area contributed by atoms with Crippen molar-refractivity contribution in [3.8, 4) is 5.88 Å². The molecule has 20 heavy (non-hydrogen) atoms. The van der Waals surface area contributed by atoms with Gasteiger partial charge in [-0.25, -0.2) is 4.98 Å². The maximum absolute atomic E-state index is 12.4. The van der Waals surface area contributed by atoms with Crippen LogP contribution in [0.4, 0.5) is 0 Å². The largest absolute Gasteiger partial charge is 0.481 e. The van der Waals surface area contributed by atoms with Crippen molar-refractivity contribution in [2.45, 2.75) is 18.8 Å². The van der Waals surface area contributed by atoms with Gasteiger partial charge in [0, 0.05) is 16.1 Å². The summed E-state index contributed by atoms with van der Waals surface area (Å²) in [4.78, 5) is 16.7. The normalized spacial score (nSPS) is 14.1. The van der Waals surface area contributed by atoms with Crippen LogP contribution < -0.4 is 4.74 Å². The number of hydrogen-bond donors (Lipinski definition) is 0. The lowest BCUT2D eigenvalue weighted by atomic mass is 10.1. The van der Waals surface area contributed by atoms with Crippen molar-refractivity contribution in [2.75, 3.05) is 7.11 Å². The Labute approximate surface area is 122 Å². The van der Waals surface area contributed by atoms with Gasteiger partial charge in [0.2, 0.25) is 11.7 Å². The van der Waals surface area contributed by atoms with E-state index in [9.17, 15) is 4.79 Å². The SMILES string of the molecule is COc1nc(C(=O)c2ccc(Cl)cc2)ccc1C1CC1. The van der Waals surface area contributed by atoms with Crippen LogP contribution in [0.15, 0.2) is 36.4 Å². The number of halogens is 1. The fourth-order valence-corrected chi connectivity index (χ4v) is 2.32. The number of benzene rings is 1. The molecule has 0 amide bonds. The third-order valence-electron chi connectivity index (χ3n) is 3.44. The summed E-state index contributed by atoms with van der Waals surface area (Å²) in [6.07, 6.45) is 2.34. The Hall–Kier alpha value is -1.87. The van der Waals surface area contributed by atoms with Crippen LogP contribution in [0.3, 0.4) is 0 Å². The molecule has 4 heteroatoms. The van der Waals surface area contributed by atoms with E-state index in [0.29, 0.717) is 28.1 Å². The van der Waals surface area contributed by atoms with Crippen molar-refractivity contribution in [1.82, 2.24) is 4.98 Å². The second-order valence-electron chi connectivity index (χ2n) is 4.91. The van der Waals surface area contributed by atoms with Gasteiger partial charge in [0.1, 0.15) is 5.69 Å². The molecule has 0 saturated heterocycles. The van der Waals surface area contributed by atoms with Crippen LogP contribution >= 0.6 is 11.6 Å². The lowest BCUT2D eigenvalue weighted by Gasteiger charge is -2.08. The average molecular weight is 288 g/mol. The Kier molecular flexibility index (Phi) is 3.45. The van der Waals surface area contributed by atoms with Gasteiger partial charge in [0.05, 0.1) is 7.11 Å². The number of ketones is 1. The molecule has 0 unspecified atom stereocenters. The fourth-order valence-electron chi connectivity index (χ4n) is 2.20. The first kappa shape index (κ1) is 13.1. The van der Waals surface area contributed by atoms with Crippen molar-refractivity contribution in [1.29, 1.82) is 0 Å². The van der Waals surface area contributed by atoms with Gasteiger partial charge in [-0.2, -0.15) is 0 Å². The third kappa shape index (κ3) is 2.54. The molecule has 0 spiro atoms. The summed E-state index contributed by atoms with van der Waals surface area (Å²) in [7, 11) is 1.59. The van der Waals surface area contributed by atoms with Gasteiger partial charge in [-0.3, -0.25) is 4.79 Å². The van der Waals surface area contributed by atoms with Crippen molar-refractivity contribution in [2.24, 2.45) is 0 Å². The highest BCUT2D eigenvalue weighted by molar-refractivity contribution is 6.30. The smallest absolute Gasteiger partial charge is 0.217 e. The van der Waals surface area contributed by atoms with E-state index < -0.39 is 0 Å². The molecule has 0 N–H and O–H groups in total. The summed E-state index contributed by atoms with van der Waals surface area (Å²) in [5, 5.41) is 0.608. The molecule has 1 aromatic carbocycles. The van der Waals surface area contributed by atoms with Crippen LogP contribution in [-0.2, 0) is 0 Å². The highest BCUT2D eigenvalue weighted by atomic mass is 35.5. The van der Waals surface area contributed by atoms with E-state index in [0.717, 1.165) is 5.56 Å². The minimum Gasteiger partial charge on any atom is -0.481 e. The van der Waals surface area contributed by atoms with Gasteiger partial charge in [0.15, 0.2) is 0 Å². The van der Waals surface area contributed by atoms with E-state index in [1.165, 1.54) is 12.8 Å². The molecule has 0 radical (unpaired) electrons. The minimum absolute atomic E-state index is 0.123. The molecule has 0 bridgehead atoms. The number of hydrogen-bond acceptors (Lipinski definition) is 3. The summed E-state index contributed by atoms with van der Waals surface area (Å²) in [6, 6.07) is 10.5. The van der Waals surface area contributed by atoms with Crippen LogP contribution in [0.1, 0.15) is 40.4 Å². The average Bonchev–Trinajstić information content (AvgIpc) is 3.31. The van der Waals surface area contributed by atoms with Crippen molar-refractivity contribution in [3.05, 3.63) is 58.2 Å². The second-order valence-corrected chi connectivity index (χ2v) is 5.34. The van der Waals surface area contributed by atoms with Crippen LogP contribution in [0.25, 0.3) is 0 Å². The molecule has 102 valence electrons. The lowest BCUT2D eigenvalue weighted by molar-refractivity contribution is 0.103. The fraction of sp³-hybridized carbons (Fsp3) is 0.250. The van der Waals surface area contributed by atoms with E-state index >= 15 is 0 Å². The van der Waals surface area contributed by atoms with Crippen LogP contribution in [-0.4, -0.2) is 17.9 Å². The molecule has 1 aliphatic carbocycles. The highest BCUT2D eigenvalue weighted by Gasteiger charge is 2.28. The third-order valence-corrected chi connectivity index (χ3v) is 3.69. The molecular weight excluding hydrogens is 274 g/mol. The summed E-state index contributed by atoms with van der Waals surface area (Å²) < 4.78 is 5.31. The molecule has 0 atom stereocenters. The molecule has 0 aliphatic heterocycles. The topological polar surface area (TPSA) is 39.2 Å². The first-order valence-corrected chi connectivity index (χ1v) is 6.92. The van der Waals surface area contributed by atoms with Gasteiger partial charge >= 0.3 is 0 Å². The summed E-state index contributed by atoms with van der Waals surface area (Å²) in [5.41, 5.74) is 2.07. The maximum atomic E-state index is 12.4. The molecule has 3 rings (SSSR count). The van der Waals surface area contributed by atoms with Crippen LogP contribution in [0, 0.1) is 0 Å². The molecule has 3 nitrogen and oxygen atoms in total. The number of ether oxygens (including phenoxy) is 1. The number of aromatic nitrogens is 1. The lowest BCUT2D eigenvalue weighted by Crippen LogP contribution is -2.06. The monoisotopic (exact) mass is 287 g/mol. The molecule has 1 aliphatic rings. The zero-order valence-corrected chi connectivity index (χ0v) is 11.9. The second kappa shape index (κ2) is 5.25. The number of rotatable bonds is 4. The van der Waals surface area contributed by atoms with Gasteiger partial charge in [-0.05, 0) is 49.1 Å². The Bertz CT molecular complexity index is 648. The molecule has 1 heterocycles. The number of pyridine rings is 1. The summed E-state index contributed by atoms with van der Waals surface area (Å²) in [6.45, 7) is 0. The standard InChI is InChI=1S/C16H14ClNO2/c1-20-16-13(10-2-3-10)8-9-14(18-16)15(19)11-4-6-12(17)7-5-11/h4-10H,2-3H2,1H3. The molecule has 1 fully saturated rings. The molecule has 1 aromatic heterocycles. The van der Waals surface area contributed by atoms with E-state index in [-0.39, 0.29) is 5.78 Å². The highest BCUT2D eigenvalue weighted by Crippen LogP contribution is 2.43. The van der Waals surface area contributed by atoms with Crippen LogP contribution in [0.2, 0.25) is 5.02 Å². The first-order valence-electron chi connectivity index (χ1n) is 6.54. The van der Waals surface area contributed by atoms with Gasteiger partial charge in [-0.1, -0.05) is 17.7 Å². The van der Waals surface area contributed by atoms with E-state index in [1.807, 2.05) is 6.07 Å². The van der Waals surface area contributed by atoms with E-state index in [2.05, 4.69) is 4.98 Å². The first-order chi connectivity index (χ1) is 9.69. The van der Waals surface area contributed by atoms with Gasteiger partial charge in [0.25, 0.3) is 0 Å². The Morgan fingerprint density at radius 1 is 1.20 bits per heavy atom. The van der Waals surface area contributed by atoms with E-state index in [4.69, 9.17) is 16.3 Å². The van der Waals surface area contributed by atoms with E-state index in [1.54, 1.807) is 37.4 Å². The predicted molar refractivity (Wildman–Crippen MR) is 77.6 cm³/mol. The molecule has 1 saturated carbocycles. The molecule has 2 aromatic rings. The van der Waals surface area contributed by atoms with Gasteiger partial charge < -0.3 is 4.74 Å². The number of carbonyl (C=O) groups excluding carboxylic acids is 1. The number of methoxy groups -OCH3 is 1. The predicted octanol–water partition coefficient (Wildman–Crippen LogP) is 3.85. The zero-order valence-electron chi connectivity index (χ0n) is 11.1. The maximum Gasteiger partial charge on any atom is 0.217 e. The number of nitrogens with zero attached hydrogens (tertiary/aromatic N) is 1. The van der Waals surface area contributed by atoms with Crippen LogP contribution in [0.5, 0.6) is 5.88 Å². The Morgan fingerprint density at radius 3 is 2.50 bits per heavy atom. The summed E-state index contributed by atoms with van der Waals surface area (Å²) in [5.74, 6) is 0.978. The van der Waals surface area contributed by atoms with Crippen molar-refractivity contribution >= 4 is 17.4 Å². The minimum atomic E-state index is -0.123. The Balaban J connectivity index is 1.93. The zero-order chi connectivity index (χ0) is 14.1. The van der Waals surface area contributed by atoms with Crippen molar-refractivity contribution in [3.63, 3.8) is 0 Å². The molecular formula is C16H14ClNO2.